The van der Waals surface area contributed by atoms with Crippen molar-refractivity contribution in [3.8, 4) is 0 Å². The molecule has 0 saturated heterocycles. The van der Waals surface area contributed by atoms with Crippen LogP contribution in [0.4, 0.5) is 0 Å². The lowest BCUT2D eigenvalue weighted by molar-refractivity contribution is 0.298. The molecule has 1 aromatic rings. The molecule has 1 aromatic heterocycles. The van der Waals surface area contributed by atoms with Crippen LogP contribution >= 0.6 is 0 Å². The Hall–Kier alpha value is -0.900. The van der Waals surface area contributed by atoms with Crippen molar-refractivity contribution in [1.82, 2.24) is 10.1 Å². The fourth-order valence-electron chi connectivity index (χ4n) is 2.68. The first-order valence-corrected chi connectivity index (χ1v) is 6.86. The summed E-state index contributed by atoms with van der Waals surface area (Å²) in [6.45, 7) is 2.95. The number of nitrogens with zero attached hydrogens (tertiary/aromatic N) is 2. The Kier molecular flexibility index (Phi) is 4.54. The molecule has 2 N–H and O–H groups in total. The minimum atomic E-state index is 0.518. The van der Waals surface area contributed by atoms with Gasteiger partial charge in [0.2, 0.25) is 5.89 Å². The highest BCUT2D eigenvalue weighted by Crippen LogP contribution is 2.36. The number of nitrogens with two attached hydrogens (primary N) is 1. The van der Waals surface area contributed by atoms with E-state index in [0.717, 1.165) is 30.5 Å². The maximum Gasteiger partial charge on any atom is 0.226 e. The van der Waals surface area contributed by atoms with E-state index >= 15 is 0 Å². The molecule has 2 atom stereocenters. The molecule has 1 aliphatic carbocycles. The van der Waals surface area contributed by atoms with Gasteiger partial charge in [-0.05, 0) is 31.7 Å². The third-order valence-corrected chi connectivity index (χ3v) is 3.80. The summed E-state index contributed by atoms with van der Waals surface area (Å²) in [7, 11) is 0. The van der Waals surface area contributed by atoms with Gasteiger partial charge in [0.05, 0.1) is 0 Å². The Morgan fingerprint density at radius 3 is 3.06 bits per heavy atom. The molecule has 0 aromatic carbocycles. The number of hydrogen-bond donors (Lipinski definition) is 1. The monoisotopic (exact) mass is 237 g/mol. The van der Waals surface area contributed by atoms with Gasteiger partial charge < -0.3 is 10.3 Å². The first kappa shape index (κ1) is 12.6. The van der Waals surface area contributed by atoms with Crippen LogP contribution in [0.25, 0.3) is 0 Å². The van der Waals surface area contributed by atoms with E-state index in [0.29, 0.717) is 12.5 Å². The fraction of sp³-hybridized carbons (Fsp3) is 0.846. The Morgan fingerprint density at radius 1 is 1.41 bits per heavy atom. The molecule has 96 valence electrons. The summed E-state index contributed by atoms with van der Waals surface area (Å²) in [5.74, 6) is 3.04. The van der Waals surface area contributed by atoms with Crippen molar-refractivity contribution in [3.63, 3.8) is 0 Å². The van der Waals surface area contributed by atoms with Gasteiger partial charge in [0.1, 0.15) is 0 Å². The number of hydrogen-bond acceptors (Lipinski definition) is 4. The topological polar surface area (TPSA) is 64.9 Å². The van der Waals surface area contributed by atoms with Gasteiger partial charge in [-0.1, -0.05) is 31.3 Å². The summed E-state index contributed by atoms with van der Waals surface area (Å²) in [6, 6.07) is 0. The van der Waals surface area contributed by atoms with Crippen LogP contribution in [-0.2, 0) is 6.42 Å². The summed E-state index contributed by atoms with van der Waals surface area (Å²) in [5.41, 5.74) is 5.47. The zero-order valence-corrected chi connectivity index (χ0v) is 10.7. The molecule has 4 heteroatoms. The SMILES string of the molecule is CCC1CCCC(c2noc(CCCN)n2)C1. The van der Waals surface area contributed by atoms with Crippen LogP contribution in [0.5, 0.6) is 0 Å². The van der Waals surface area contributed by atoms with Crippen LogP contribution in [-0.4, -0.2) is 16.7 Å². The van der Waals surface area contributed by atoms with E-state index in [1.165, 1.54) is 32.1 Å². The fourth-order valence-corrected chi connectivity index (χ4v) is 2.68. The first-order chi connectivity index (χ1) is 8.33. The molecule has 1 saturated carbocycles. The maximum atomic E-state index is 5.47. The van der Waals surface area contributed by atoms with Gasteiger partial charge in [-0.3, -0.25) is 0 Å². The molecule has 1 aliphatic rings. The van der Waals surface area contributed by atoms with E-state index in [-0.39, 0.29) is 0 Å². The van der Waals surface area contributed by atoms with Crippen LogP contribution < -0.4 is 5.73 Å². The summed E-state index contributed by atoms with van der Waals surface area (Å²) in [4.78, 5) is 4.51. The van der Waals surface area contributed by atoms with Crippen molar-refractivity contribution in [2.75, 3.05) is 6.54 Å². The minimum Gasteiger partial charge on any atom is -0.339 e. The van der Waals surface area contributed by atoms with Gasteiger partial charge in [0, 0.05) is 12.3 Å². The van der Waals surface area contributed by atoms with E-state index in [2.05, 4.69) is 17.1 Å². The molecule has 0 amide bonds. The molecule has 0 bridgehead atoms. The molecule has 17 heavy (non-hydrogen) atoms. The lowest BCUT2D eigenvalue weighted by atomic mass is 9.80. The average Bonchev–Trinajstić information content (AvgIpc) is 2.85. The third-order valence-electron chi connectivity index (χ3n) is 3.80. The van der Waals surface area contributed by atoms with Crippen LogP contribution in [0.2, 0.25) is 0 Å². The van der Waals surface area contributed by atoms with Crippen molar-refractivity contribution in [2.45, 2.75) is 57.8 Å². The van der Waals surface area contributed by atoms with Gasteiger partial charge in [0.25, 0.3) is 0 Å². The quantitative estimate of drug-likeness (QED) is 0.855. The number of aromatic nitrogens is 2. The van der Waals surface area contributed by atoms with Crippen molar-refractivity contribution >= 4 is 0 Å². The van der Waals surface area contributed by atoms with Gasteiger partial charge in [0.15, 0.2) is 5.82 Å². The lowest BCUT2D eigenvalue weighted by Crippen LogP contribution is -2.14. The Balaban J connectivity index is 1.94. The molecule has 1 fully saturated rings. The van der Waals surface area contributed by atoms with Gasteiger partial charge in [-0.25, -0.2) is 0 Å². The highest BCUT2D eigenvalue weighted by atomic mass is 16.5. The molecule has 0 radical (unpaired) electrons. The van der Waals surface area contributed by atoms with E-state index < -0.39 is 0 Å². The smallest absolute Gasteiger partial charge is 0.226 e. The second-order valence-electron chi connectivity index (χ2n) is 5.08. The van der Waals surface area contributed by atoms with E-state index in [1.54, 1.807) is 0 Å². The van der Waals surface area contributed by atoms with Gasteiger partial charge in [-0.2, -0.15) is 4.98 Å². The van der Waals surface area contributed by atoms with Crippen LogP contribution in [0.3, 0.4) is 0 Å². The average molecular weight is 237 g/mol. The second-order valence-corrected chi connectivity index (χ2v) is 5.08. The van der Waals surface area contributed by atoms with Gasteiger partial charge >= 0.3 is 0 Å². The van der Waals surface area contributed by atoms with Crippen LogP contribution in [0, 0.1) is 5.92 Å². The summed E-state index contributed by atoms with van der Waals surface area (Å²) in [6.07, 6.45) is 8.12. The summed E-state index contributed by atoms with van der Waals surface area (Å²) < 4.78 is 5.27. The predicted molar refractivity (Wildman–Crippen MR) is 66.7 cm³/mol. The number of rotatable bonds is 5. The van der Waals surface area contributed by atoms with Crippen molar-refractivity contribution in [3.05, 3.63) is 11.7 Å². The van der Waals surface area contributed by atoms with E-state index in [1.807, 2.05) is 0 Å². The van der Waals surface area contributed by atoms with Crippen molar-refractivity contribution in [1.29, 1.82) is 0 Å². The lowest BCUT2D eigenvalue weighted by Gasteiger charge is -2.26. The molecular weight excluding hydrogens is 214 g/mol. The predicted octanol–water partition coefficient (Wildman–Crippen LogP) is 2.64. The second kappa shape index (κ2) is 6.15. The molecule has 2 rings (SSSR count). The molecular formula is C13H23N3O. The Morgan fingerprint density at radius 2 is 2.29 bits per heavy atom. The molecule has 4 nitrogen and oxygen atoms in total. The Bertz CT molecular complexity index is 337. The third kappa shape index (κ3) is 3.28. The van der Waals surface area contributed by atoms with Crippen molar-refractivity contribution < 1.29 is 4.52 Å². The molecule has 0 spiro atoms. The molecule has 1 heterocycles. The first-order valence-electron chi connectivity index (χ1n) is 6.86. The van der Waals surface area contributed by atoms with E-state index in [4.69, 9.17) is 10.3 Å². The highest BCUT2D eigenvalue weighted by molar-refractivity contribution is 4.98. The van der Waals surface area contributed by atoms with E-state index in [9.17, 15) is 0 Å². The maximum absolute atomic E-state index is 5.47. The zero-order valence-electron chi connectivity index (χ0n) is 10.7. The van der Waals surface area contributed by atoms with Gasteiger partial charge in [-0.15, -0.1) is 0 Å². The van der Waals surface area contributed by atoms with Crippen LogP contribution in [0.15, 0.2) is 4.52 Å². The number of aryl methyl sites for hydroxylation is 1. The summed E-state index contributed by atoms with van der Waals surface area (Å²) >= 11 is 0. The highest BCUT2D eigenvalue weighted by Gasteiger charge is 2.25. The van der Waals surface area contributed by atoms with Crippen molar-refractivity contribution in [2.24, 2.45) is 11.7 Å². The standard InChI is InChI=1S/C13H23N3O/c1-2-10-5-3-6-11(9-10)13-15-12(17-16-13)7-4-8-14/h10-11H,2-9,14H2,1H3. The minimum absolute atomic E-state index is 0.518. The Labute approximate surface area is 103 Å². The summed E-state index contributed by atoms with van der Waals surface area (Å²) in [5, 5.41) is 4.13. The zero-order chi connectivity index (χ0) is 12.1. The van der Waals surface area contributed by atoms with Crippen LogP contribution in [0.1, 0.15) is 63.1 Å². The molecule has 0 aliphatic heterocycles. The normalized spacial score (nSPS) is 25.1. The largest absolute Gasteiger partial charge is 0.339 e. The molecule has 2 unspecified atom stereocenters.